The maximum atomic E-state index is 12.0. The standard InChI is InChI=1S/C19H20N2O2/c1-23-18-7-5-17(6-8-18)21-19(22)9-3-14-2-4-15-10-11-20-13-16(15)12-14/h2-9,12,20H,10-11,13H2,1H3,(H,21,22). The van der Waals surface area contributed by atoms with Crippen LogP contribution in [0.15, 0.2) is 48.5 Å². The summed E-state index contributed by atoms with van der Waals surface area (Å²) in [5, 5.41) is 6.19. The van der Waals surface area contributed by atoms with Crippen molar-refractivity contribution < 1.29 is 9.53 Å². The molecule has 1 amide bonds. The molecule has 0 aromatic heterocycles. The number of carbonyl (C=O) groups is 1. The molecule has 4 nitrogen and oxygen atoms in total. The third kappa shape index (κ3) is 3.99. The predicted octanol–water partition coefficient (Wildman–Crippen LogP) is 2.99. The molecule has 4 heteroatoms. The molecule has 1 heterocycles. The van der Waals surface area contributed by atoms with Crippen molar-refractivity contribution in [3.05, 3.63) is 65.2 Å². The Morgan fingerprint density at radius 2 is 2.00 bits per heavy atom. The van der Waals surface area contributed by atoms with E-state index in [1.165, 1.54) is 11.1 Å². The number of methoxy groups -OCH3 is 1. The molecule has 0 atom stereocenters. The lowest BCUT2D eigenvalue weighted by Crippen LogP contribution is -2.23. The monoisotopic (exact) mass is 308 g/mol. The quantitative estimate of drug-likeness (QED) is 0.854. The largest absolute Gasteiger partial charge is 0.497 e. The van der Waals surface area contributed by atoms with E-state index in [0.29, 0.717) is 0 Å². The molecule has 0 radical (unpaired) electrons. The minimum absolute atomic E-state index is 0.147. The maximum absolute atomic E-state index is 12.0. The fourth-order valence-electron chi connectivity index (χ4n) is 2.63. The number of carbonyl (C=O) groups excluding carboxylic acids is 1. The number of fused-ring (bicyclic) bond motifs is 1. The van der Waals surface area contributed by atoms with Gasteiger partial charge in [0.1, 0.15) is 5.75 Å². The van der Waals surface area contributed by atoms with Gasteiger partial charge in [-0.25, -0.2) is 0 Å². The van der Waals surface area contributed by atoms with Gasteiger partial charge in [0.05, 0.1) is 7.11 Å². The summed E-state index contributed by atoms with van der Waals surface area (Å²) in [6, 6.07) is 13.6. The third-order valence-electron chi connectivity index (χ3n) is 3.90. The van der Waals surface area contributed by atoms with E-state index in [0.717, 1.165) is 36.5 Å². The van der Waals surface area contributed by atoms with Crippen LogP contribution in [0.2, 0.25) is 0 Å². The van der Waals surface area contributed by atoms with Crippen molar-refractivity contribution in [3.8, 4) is 5.75 Å². The predicted molar refractivity (Wildman–Crippen MR) is 92.5 cm³/mol. The summed E-state index contributed by atoms with van der Waals surface area (Å²) in [6.07, 6.45) is 4.47. The van der Waals surface area contributed by atoms with E-state index >= 15 is 0 Å². The molecule has 1 aliphatic heterocycles. The molecule has 0 fully saturated rings. The first-order chi connectivity index (χ1) is 11.2. The molecule has 0 unspecified atom stereocenters. The molecule has 0 bridgehead atoms. The number of amides is 1. The number of anilines is 1. The van der Waals surface area contributed by atoms with Gasteiger partial charge in [-0.05, 0) is 60.0 Å². The molecule has 0 aliphatic carbocycles. The molecule has 0 saturated carbocycles. The Balaban J connectivity index is 1.63. The Kier molecular flexibility index (Phi) is 4.74. The van der Waals surface area contributed by atoms with Crippen LogP contribution in [-0.2, 0) is 17.8 Å². The van der Waals surface area contributed by atoms with Crippen LogP contribution in [0.5, 0.6) is 5.75 Å². The summed E-state index contributed by atoms with van der Waals surface area (Å²) in [6.45, 7) is 1.93. The molecule has 3 rings (SSSR count). The highest BCUT2D eigenvalue weighted by Crippen LogP contribution is 2.17. The molecular formula is C19H20N2O2. The maximum Gasteiger partial charge on any atom is 0.248 e. The van der Waals surface area contributed by atoms with Gasteiger partial charge in [-0.15, -0.1) is 0 Å². The second-order valence-corrected chi connectivity index (χ2v) is 5.51. The van der Waals surface area contributed by atoms with Crippen molar-refractivity contribution in [1.29, 1.82) is 0 Å². The molecule has 2 N–H and O–H groups in total. The van der Waals surface area contributed by atoms with Crippen LogP contribution in [0.1, 0.15) is 16.7 Å². The summed E-state index contributed by atoms with van der Waals surface area (Å²) in [5.41, 5.74) is 4.49. The van der Waals surface area contributed by atoms with Gasteiger partial charge in [0.25, 0.3) is 0 Å². The van der Waals surface area contributed by atoms with Gasteiger partial charge in [-0.1, -0.05) is 18.2 Å². The molecule has 0 saturated heterocycles. The minimum Gasteiger partial charge on any atom is -0.497 e. The van der Waals surface area contributed by atoms with E-state index in [9.17, 15) is 4.79 Å². The number of nitrogens with one attached hydrogen (secondary N) is 2. The van der Waals surface area contributed by atoms with Crippen LogP contribution < -0.4 is 15.4 Å². The van der Waals surface area contributed by atoms with Gasteiger partial charge in [0.2, 0.25) is 5.91 Å². The lowest BCUT2D eigenvalue weighted by atomic mass is 9.98. The van der Waals surface area contributed by atoms with Gasteiger partial charge >= 0.3 is 0 Å². The first-order valence-corrected chi connectivity index (χ1v) is 7.70. The van der Waals surface area contributed by atoms with E-state index < -0.39 is 0 Å². The Bertz CT molecular complexity index is 721. The zero-order valence-corrected chi connectivity index (χ0v) is 13.1. The molecule has 2 aromatic rings. The molecule has 118 valence electrons. The summed E-state index contributed by atoms with van der Waals surface area (Å²) < 4.78 is 5.09. The fourth-order valence-corrected chi connectivity index (χ4v) is 2.63. The smallest absolute Gasteiger partial charge is 0.248 e. The topological polar surface area (TPSA) is 50.4 Å². The van der Waals surface area contributed by atoms with Gasteiger partial charge in [0.15, 0.2) is 0 Å². The van der Waals surface area contributed by atoms with Gasteiger partial charge in [0, 0.05) is 18.3 Å². The van der Waals surface area contributed by atoms with E-state index in [-0.39, 0.29) is 5.91 Å². The normalized spacial score (nSPS) is 13.6. The van der Waals surface area contributed by atoms with E-state index in [1.54, 1.807) is 13.2 Å². The van der Waals surface area contributed by atoms with E-state index in [4.69, 9.17) is 4.74 Å². The van der Waals surface area contributed by atoms with Gasteiger partial charge in [-0.2, -0.15) is 0 Å². The Labute approximate surface area is 136 Å². The minimum atomic E-state index is -0.147. The van der Waals surface area contributed by atoms with Crippen molar-refractivity contribution in [2.75, 3.05) is 19.0 Å². The molecule has 0 spiro atoms. The second-order valence-electron chi connectivity index (χ2n) is 5.51. The Morgan fingerprint density at radius 3 is 2.78 bits per heavy atom. The van der Waals surface area contributed by atoms with E-state index in [2.05, 4.69) is 28.8 Å². The van der Waals surface area contributed by atoms with Gasteiger partial charge < -0.3 is 15.4 Å². The highest BCUT2D eigenvalue weighted by atomic mass is 16.5. The van der Waals surface area contributed by atoms with Crippen LogP contribution in [0.3, 0.4) is 0 Å². The average Bonchev–Trinajstić information content (AvgIpc) is 2.60. The van der Waals surface area contributed by atoms with Gasteiger partial charge in [-0.3, -0.25) is 4.79 Å². The number of hydrogen-bond donors (Lipinski definition) is 2. The highest BCUT2D eigenvalue weighted by Gasteiger charge is 2.08. The zero-order chi connectivity index (χ0) is 16.1. The Hall–Kier alpha value is -2.59. The highest BCUT2D eigenvalue weighted by molar-refractivity contribution is 6.01. The summed E-state index contributed by atoms with van der Waals surface area (Å²) in [7, 11) is 1.62. The fraction of sp³-hybridized carbons (Fsp3) is 0.211. The molecule has 2 aromatic carbocycles. The second kappa shape index (κ2) is 7.11. The average molecular weight is 308 g/mol. The lowest BCUT2D eigenvalue weighted by Gasteiger charge is -2.17. The van der Waals surface area contributed by atoms with Crippen molar-refractivity contribution in [3.63, 3.8) is 0 Å². The van der Waals surface area contributed by atoms with Crippen molar-refractivity contribution in [2.24, 2.45) is 0 Å². The SMILES string of the molecule is COc1ccc(NC(=O)C=Cc2ccc3c(c2)CNCC3)cc1. The van der Waals surface area contributed by atoms with Crippen molar-refractivity contribution >= 4 is 17.7 Å². The number of hydrogen-bond acceptors (Lipinski definition) is 3. The molecule has 1 aliphatic rings. The van der Waals surface area contributed by atoms with Crippen LogP contribution in [0, 0.1) is 0 Å². The summed E-state index contributed by atoms with van der Waals surface area (Å²) >= 11 is 0. The number of ether oxygens (including phenoxy) is 1. The number of rotatable bonds is 4. The van der Waals surface area contributed by atoms with Crippen LogP contribution >= 0.6 is 0 Å². The van der Waals surface area contributed by atoms with E-state index in [1.807, 2.05) is 30.3 Å². The Morgan fingerprint density at radius 1 is 1.17 bits per heavy atom. The van der Waals surface area contributed by atoms with Crippen LogP contribution in [-0.4, -0.2) is 19.6 Å². The lowest BCUT2D eigenvalue weighted by molar-refractivity contribution is -0.111. The van der Waals surface area contributed by atoms with Crippen molar-refractivity contribution in [1.82, 2.24) is 5.32 Å². The third-order valence-corrected chi connectivity index (χ3v) is 3.90. The molecular weight excluding hydrogens is 288 g/mol. The summed E-state index contributed by atoms with van der Waals surface area (Å²) in [5.74, 6) is 0.618. The summed E-state index contributed by atoms with van der Waals surface area (Å²) in [4.78, 5) is 12.0. The number of benzene rings is 2. The zero-order valence-electron chi connectivity index (χ0n) is 13.1. The first kappa shape index (κ1) is 15.3. The van der Waals surface area contributed by atoms with Crippen LogP contribution in [0.4, 0.5) is 5.69 Å². The molecule has 23 heavy (non-hydrogen) atoms. The van der Waals surface area contributed by atoms with Crippen molar-refractivity contribution in [2.45, 2.75) is 13.0 Å². The van der Waals surface area contributed by atoms with Crippen LogP contribution in [0.25, 0.3) is 6.08 Å². The first-order valence-electron chi connectivity index (χ1n) is 7.70.